The van der Waals surface area contributed by atoms with Crippen LogP contribution in [-0.2, 0) is 6.61 Å². The van der Waals surface area contributed by atoms with Gasteiger partial charge in [0.15, 0.2) is 11.5 Å². The minimum absolute atomic E-state index is 0.438. The summed E-state index contributed by atoms with van der Waals surface area (Å²) in [4.78, 5) is 0. The maximum atomic E-state index is 9.93. The molecule has 0 spiro atoms. The standard InChI is InChI=1S/C32H24INO2/c1-2-35-31-18-22(16-28(20-34)26-15-14-23-8-3-4-10-25(23)19-26)17-30(33)32(31)36-21-27-12-7-11-24-9-5-6-13-29(24)27/h3-19H,2,21H2,1H3/b28-16-. The van der Waals surface area contributed by atoms with Crippen molar-refractivity contribution < 1.29 is 9.47 Å². The Labute approximate surface area is 224 Å². The molecule has 36 heavy (non-hydrogen) atoms. The number of benzene rings is 5. The summed E-state index contributed by atoms with van der Waals surface area (Å²) in [6.07, 6.45) is 1.91. The minimum Gasteiger partial charge on any atom is -0.490 e. The van der Waals surface area contributed by atoms with Gasteiger partial charge in [-0.3, -0.25) is 0 Å². The number of ether oxygens (including phenoxy) is 2. The van der Waals surface area contributed by atoms with E-state index in [1.165, 1.54) is 10.8 Å². The lowest BCUT2D eigenvalue weighted by Gasteiger charge is -2.16. The molecule has 0 saturated heterocycles. The number of allylic oxidation sites excluding steroid dienone is 1. The SMILES string of the molecule is CCOc1cc(/C=C(/C#N)c2ccc3ccccc3c2)cc(I)c1OCc1cccc2ccccc12. The zero-order valence-electron chi connectivity index (χ0n) is 19.9. The van der Waals surface area contributed by atoms with E-state index in [0.717, 1.165) is 31.0 Å². The molecule has 0 aromatic heterocycles. The molecule has 0 aliphatic carbocycles. The molecule has 0 unspecified atom stereocenters. The third-order valence-corrected chi connectivity index (χ3v) is 6.88. The van der Waals surface area contributed by atoms with Crippen molar-refractivity contribution >= 4 is 55.8 Å². The maximum absolute atomic E-state index is 9.93. The Morgan fingerprint density at radius 1 is 0.833 bits per heavy atom. The van der Waals surface area contributed by atoms with Gasteiger partial charge in [-0.05, 0) is 92.0 Å². The van der Waals surface area contributed by atoms with E-state index in [2.05, 4.69) is 83.3 Å². The Morgan fingerprint density at radius 2 is 1.58 bits per heavy atom. The number of rotatable bonds is 7. The molecule has 4 heteroatoms. The maximum Gasteiger partial charge on any atom is 0.175 e. The largest absolute Gasteiger partial charge is 0.490 e. The highest BCUT2D eigenvalue weighted by Crippen LogP contribution is 2.36. The first-order chi connectivity index (χ1) is 17.7. The van der Waals surface area contributed by atoms with Gasteiger partial charge in [-0.2, -0.15) is 5.26 Å². The van der Waals surface area contributed by atoms with Crippen LogP contribution in [0.3, 0.4) is 0 Å². The fourth-order valence-electron chi connectivity index (χ4n) is 4.35. The highest BCUT2D eigenvalue weighted by atomic mass is 127. The van der Waals surface area contributed by atoms with E-state index in [0.29, 0.717) is 30.3 Å². The van der Waals surface area contributed by atoms with Gasteiger partial charge in [0.2, 0.25) is 0 Å². The first-order valence-corrected chi connectivity index (χ1v) is 12.9. The Bertz CT molecular complexity index is 1630. The van der Waals surface area contributed by atoms with Crippen molar-refractivity contribution in [1.82, 2.24) is 0 Å². The molecule has 0 saturated carbocycles. The van der Waals surface area contributed by atoms with E-state index >= 15 is 0 Å². The van der Waals surface area contributed by atoms with Gasteiger partial charge in [0, 0.05) is 0 Å². The molecule has 0 amide bonds. The molecule has 176 valence electrons. The van der Waals surface area contributed by atoms with Crippen LogP contribution in [0.15, 0.2) is 97.1 Å². The van der Waals surface area contributed by atoms with Crippen LogP contribution >= 0.6 is 22.6 Å². The minimum atomic E-state index is 0.438. The van der Waals surface area contributed by atoms with Gasteiger partial charge in [-0.25, -0.2) is 0 Å². The van der Waals surface area contributed by atoms with Crippen molar-refractivity contribution in [2.75, 3.05) is 6.61 Å². The van der Waals surface area contributed by atoms with E-state index in [-0.39, 0.29) is 0 Å². The third kappa shape index (κ3) is 5.07. The molecule has 3 nitrogen and oxygen atoms in total. The van der Waals surface area contributed by atoms with Crippen LogP contribution in [0.4, 0.5) is 0 Å². The lowest BCUT2D eigenvalue weighted by molar-refractivity contribution is 0.268. The number of halogens is 1. The summed E-state index contributed by atoms with van der Waals surface area (Å²) < 4.78 is 13.2. The van der Waals surface area contributed by atoms with Crippen LogP contribution in [0.1, 0.15) is 23.6 Å². The van der Waals surface area contributed by atoms with Gasteiger partial charge < -0.3 is 9.47 Å². The highest BCUT2D eigenvalue weighted by Gasteiger charge is 2.14. The number of nitriles is 1. The summed E-state index contributed by atoms with van der Waals surface area (Å²) >= 11 is 2.28. The average molecular weight is 581 g/mol. The van der Waals surface area contributed by atoms with Crippen LogP contribution in [0.5, 0.6) is 11.5 Å². The van der Waals surface area contributed by atoms with Crippen molar-refractivity contribution in [1.29, 1.82) is 5.26 Å². The van der Waals surface area contributed by atoms with Gasteiger partial charge in [0.1, 0.15) is 6.61 Å². The molecule has 0 atom stereocenters. The van der Waals surface area contributed by atoms with E-state index < -0.39 is 0 Å². The Hall–Kier alpha value is -3.82. The molecule has 5 aromatic rings. The van der Waals surface area contributed by atoms with Crippen LogP contribution in [0.25, 0.3) is 33.2 Å². The van der Waals surface area contributed by atoms with Gasteiger partial charge >= 0.3 is 0 Å². The second kappa shape index (κ2) is 10.8. The molecular weight excluding hydrogens is 557 g/mol. The predicted octanol–water partition coefficient (Wildman–Crippen LogP) is 8.64. The smallest absolute Gasteiger partial charge is 0.175 e. The van der Waals surface area contributed by atoms with Gasteiger partial charge in [0.25, 0.3) is 0 Å². The summed E-state index contributed by atoms with van der Waals surface area (Å²) in [5.41, 5.74) is 3.51. The molecule has 0 radical (unpaired) electrons. The van der Waals surface area contributed by atoms with Gasteiger partial charge in [-0.15, -0.1) is 0 Å². The van der Waals surface area contributed by atoms with E-state index in [9.17, 15) is 5.26 Å². The zero-order chi connectivity index (χ0) is 24.9. The molecule has 0 aliphatic heterocycles. The Morgan fingerprint density at radius 3 is 2.39 bits per heavy atom. The molecule has 5 rings (SSSR count). The van der Waals surface area contributed by atoms with Crippen LogP contribution < -0.4 is 9.47 Å². The average Bonchev–Trinajstić information content (AvgIpc) is 2.91. The van der Waals surface area contributed by atoms with Gasteiger partial charge in [0.05, 0.1) is 21.8 Å². The lowest BCUT2D eigenvalue weighted by Crippen LogP contribution is -2.02. The highest BCUT2D eigenvalue weighted by molar-refractivity contribution is 14.1. The number of hydrogen-bond acceptors (Lipinski definition) is 3. The molecule has 5 aromatic carbocycles. The first-order valence-electron chi connectivity index (χ1n) is 11.8. The van der Waals surface area contributed by atoms with E-state index in [4.69, 9.17) is 9.47 Å². The van der Waals surface area contributed by atoms with Crippen LogP contribution in [0, 0.1) is 14.9 Å². The summed E-state index contributed by atoms with van der Waals surface area (Å²) in [7, 11) is 0. The fourth-order valence-corrected chi connectivity index (χ4v) is 5.13. The molecule has 0 heterocycles. The predicted molar refractivity (Wildman–Crippen MR) is 156 cm³/mol. The molecular formula is C32H24INO2. The lowest BCUT2D eigenvalue weighted by atomic mass is 10.00. The van der Waals surface area contributed by atoms with Crippen molar-refractivity contribution in [3.8, 4) is 17.6 Å². The molecule has 0 aliphatic rings. The van der Waals surface area contributed by atoms with E-state index in [1.54, 1.807) is 0 Å². The number of nitrogens with zero attached hydrogens (tertiary/aromatic N) is 1. The summed E-state index contributed by atoms with van der Waals surface area (Å²) in [5.74, 6) is 1.39. The van der Waals surface area contributed by atoms with Crippen molar-refractivity contribution in [3.05, 3.63) is 117 Å². The van der Waals surface area contributed by atoms with Crippen LogP contribution in [0.2, 0.25) is 0 Å². The third-order valence-electron chi connectivity index (χ3n) is 6.08. The number of hydrogen-bond donors (Lipinski definition) is 0. The fraction of sp³-hybridized carbons (Fsp3) is 0.0938. The normalized spacial score (nSPS) is 11.4. The van der Waals surface area contributed by atoms with Crippen LogP contribution in [-0.4, -0.2) is 6.61 Å². The molecule has 0 bridgehead atoms. The summed E-state index contributed by atoms with van der Waals surface area (Å²) in [6, 6.07) is 35.2. The van der Waals surface area contributed by atoms with Crippen molar-refractivity contribution in [2.24, 2.45) is 0 Å². The van der Waals surface area contributed by atoms with E-state index in [1.807, 2.05) is 55.5 Å². The molecule has 0 fully saturated rings. The van der Waals surface area contributed by atoms with Crippen molar-refractivity contribution in [3.63, 3.8) is 0 Å². The Kier molecular flexibility index (Phi) is 7.20. The topological polar surface area (TPSA) is 42.2 Å². The van der Waals surface area contributed by atoms with Gasteiger partial charge in [-0.1, -0.05) is 78.9 Å². The molecule has 0 N–H and O–H groups in total. The summed E-state index contributed by atoms with van der Waals surface area (Å²) in [6.45, 7) is 2.91. The second-order valence-corrected chi connectivity index (χ2v) is 9.58. The second-order valence-electron chi connectivity index (χ2n) is 8.42. The quantitative estimate of drug-likeness (QED) is 0.110. The monoisotopic (exact) mass is 581 g/mol. The van der Waals surface area contributed by atoms with Crippen molar-refractivity contribution in [2.45, 2.75) is 13.5 Å². The Balaban J connectivity index is 1.47. The summed E-state index contributed by atoms with van der Waals surface area (Å²) in [5, 5.41) is 14.6. The first kappa shape index (κ1) is 23.9. The number of fused-ring (bicyclic) bond motifs is 2. The zero-order valence-corrected chi connectivity index (χ0v) is 22.0.